The summed E-state index contributed by atoms with van der Waals surface area (Å²) in [6.07, 6.45) is 7.56. The maximum atomic E-state index is 5.75. The summed E-state index contributed by atoms with van der Waals surface area (Å²) in [7, 11) is 0. The van der Waals surface area contributed by atoms with E-state index in [0.29, 0.717) is 18.5 Å². The highest BCUT2D eigenvalue weighted by atomic mass is 16.5. The van der Waals surface area contributed by atoms with E-state index in [1.807, 2.05) is 29.2 Å². The molecule has 0 spiro atoms. The lowest BCUT2D eigenvalue weighted by Gasteiger charge is -2.22. The number of aryl methyl sites for hydroxylation is 1. The molecule has 4 rings (SSSR count). The predicted molar refractivity (Wildman–Crippen MR) is 105 cm³/mol. The van der Waals surface area contributed by atoms with E-state index in [-0.39, 0.29) is 0 Å². The minimum absolute atomic E-state index is 0.394. The van der Waals surface area contributed by atoms with Crippen LogP contribution in [-0.2, 0) is 11.3 Å². The first-order chi connectivity index (χ1) is 13.2. The molecule has 0 unspecified atom stereocenters. The van der Waals surface area contributed by atoms with Crippen molar-refractivity contribution in [3.05, 3.63) is 54.0 Å². The van der Waals surface area contributed by atoms with Crippen molar-refractivity contribution in [3.63, 3.8) is 0 Å². The standard InChI is InChI=1S/C20H24N6O/c1-14-10-15(2-3-16(14)11-21)19-4-7-22-20(25-19)24-17-12-23-26(13-17)18-5-8-27-9-6-18/h2-4,7,10,12-13,18H,5-6,8-9,11,21H2,1H3,(H,22,24,25). The third kappa shape index (κ3) is 3.99. The first-order valence-corrected chi connectivity index (χ1v) is 9.25. The Balaban J connectivity index is 1.51. The third-order valence-electron chi connectivity index (χ3n) is 4.94. The minimum atomic E-state index is 0.394. The minimum Gasteiger partial charge on any atom is -0.381 e. The molecule has 3 heterocycles. The molecule has 3 N–H and O–H groups in total. The van der Waals surface area contributed by atoms with Gasteiger partial charge in [0.25, 0.3) is 0 Å². The second-order valence-corrected chi connectivity index (χ2v) is 6.79. The Morgan fingerprint density at radius 2 is 2.11 bits per heavy atom. The Bertz CT molecular complexity index is 916. The van der Waals surface area contributed by atoms with Crippen LogP contribution in [0.1, 0.15) is 30.0 Å². The van der Waals surface area contributed by atoms with E-state index in [4.69, 9.17) is 10.5 Å². The maximum Gasteiger partial charge on any atom is 0.227 e. The van der Waals surface area contributed by atoms with Gasteiger partial charge in [0.2, 0.25) is 5.95 Å². The van der Waals surface area contributed by atoms with Gasteiger partial charge < -0.3 is 15.8 Å². The molecule has 1 aliphatic rings. The van der Waals surface area contributed by atoms with Crippen LogP contribution in [0.2, 0.25) is 0 Å². The molecular formula is C20H24N6O. The van der Waals surface area contributed by atoms with Gasteiger partial charge in [0, 0.05) is 37.7 Å². The van der Waals surface area contributed by atoms with Crippen LogP contribution in [0.4, 0.5) is 11.6 Å². The lowest BCUT2D eigenvalue weighted by molar-refractivity contribution is 0.0662. The van der Waals surface area contributed by atoms with Crippen LogP contribution in [0, 0.1) is 6.92 Å². The smallest absolute Gasteiger partial charge is 0.227 e. The van der Waals surface area contributed by atoms with Crippen molar-refractivity contribution in [3.8, 4) is 11.3 Å². The summed E-state index contributed by atoms with van der Waals surface area (Å²) in [5.41, 5.74) is 10.9. The monoisotopic (exact) mass is 364 g/mol. The van der Waals surface area contributed by atoms with E-state index in [0.717, 1.165) is 48.6 Å². The van der Waals surface area contributed by atoms with Gasteiger partial charge in [-0.05, 0) is 43.0 Å². The van der Waals surface area contributed by atoms with Crippen molar-refractivity contribution in [1.82, 2.24) is 19.7 Å². The van der Waals surface area contributed by atoms with Crippen molar-refractivity contribution in [2.75, 3.05) is 18.5 Å². The molecule has 0 bridgehead atoms. The molecule has 1 aliphatic heterocycles. The van der Waals surface area contributed by atoms with Gasteiger partial charge in [-0.25, -0.2) is 9.97 Å². The van der Waals surface area contributed by atoms with E-state index in [2.05, 4.69) is 39.4 Å². The van der Waals surface area contributed by atoms with Crippen molar-refractivity contribution >= 4 is 11.6 Å². The Morgan fingerprint density at radius 1 is 1.26 bits per heavy atom. The number of rotatable bonds is 5. The summed E-state index contributed by atoms with van der Waals surface area (Å²) in [6, 6.07) is 8.51. The molecule has 2 aromatic heterocycles. The summed E-state index contributed by atoms with van der Waals surface area (Å²) < 4.78 is 7.42. The molecule has 3 aromatic rings. The largest absolute Gasteiger partial charge is 0.381 e. The molecule has 7 heteroatoms. The van der Waals surface area contributed by atoms with Crippen LogP contribution in [0.25, 0.3) is 11.3 Å². The van der Waals surface area contributed by atoms with E-state index in [9.17, 15) is 0 Å². The van der Waals surface area contributed by atoms with Crippen LogP contribution >= 0.6 is 0 Å². The SMILES string of the molecule is Cc1cc(-c2ccnc(Nc3cnn(C4CCOCC4)c3)n2)ccc1CN. The predicted octanol–water partition coefficient (Wildman–Crippen LogP) is 3.20. The number of hydrogen-bond acceptors (Lipinski definition) is 6. The van der Waals surface area contributed by atoms with Crippen molar-refractivity contribution in [2.45, 2.75) is 32.4 Å². The highest BCUT2D eigenvalue weighted by Crippen LogP contribution is 2.24. The van der Waals surface area contributed by atoms with E-state index in [1.54, 1.807) is 6.20 Å². The second-order valence-electron chi connectivity index (χ2n) is 6.79. The number of nitrogens with two attached hydrogens (primary N) is 1. The molecule has 1 fully saturated rings. The van der Waals surface area contributed by atoms with Gasteiger partial charge in [-0.2, -0.15) is 5.10 Å². The number of hydrogen-bond donors (Lipinski definition) is 2. The van der Waals surface area contributed by atoms with Crippen molar-refractivity contribution in [1.29, 1.82) is 0 Å². The summed E-state index contributed by atoms with van der Waals surface area (Å²) in [4.78, 5) is 8.99. The Hall–Kier alpha value is -2.77. The van der Waals surface area contributed by atoms with Crippen LogP contribution in [0.3, 0.4) is 0 Å². The number of nitrogens with zero attached hydrogens (tertiary/aromatic N) is 4. The van der Waals surface area contributed by atoms with Gasteiger partial charge in [-0.15, -0.1) is 0 Å². The van der Waals surface area contributed by atoms with Crippen molar-refractivity contribution in [2.24, 2.45) is 5.73 Å². The molecule has 0 atom stereocenters. The molecule has 0 amide bonds. The van der Waals surface area contributed by atoms with Gasteiger partial charge in [-0.3, -0.25) is 4.68 Å². The number of ether oxygens (including phenoxy) is 1. The average Bonchev–Trinajstić information content (AvgIpc) is 3.17. The molecule has 0 radical (unpaired) electrons. The highest BCUT2D eigenvalue weighted by molar-refractivity contribution is 5.63. The molecule has 1 aromatic carbocycles. The van der Waals surface area contributed by atoms with Gasteiger partial charge in [0.15, 0.2) is 0 Å². The fraction of sp³-hybridized carbons (Fsp3) is 0.350. The van der Waals surface area contributed by atoms with Crippen LogP contribution in [0.5, 0.6) is 0 Å². The van der Waals surface area contributed by atoms with E-state index < -0.39 is 0 Å². The van der Waals surface area contributed by atoms with Crippen LogP contribution < -0.4 is 11.1 Å². The Labute approximate surface area is 158 Å². The number of anilines is 2. The molecular weight excluding hydrogens is 340 g/mol. The first-order valence-electron chi connectivity index (χ1n) is 9.25. The average molecular weight is 364 g/mol. The zero-order chi connectivity index (χ0) is 18.6. The summed E-state index contributed by atoms with van der Waals surface area (Å²) in [6.45, 7) is 4.19. The van der Waals surface area contributed by atoms with Gasteiger partial charge in [-0.1, -0.05) is 12.1 Å². The normalized spacial score (nSPS) is 15.0. The third-order valence-corrected chi connectivity index (χ3v) is 4.94. The lowest BCUT2D eigenvalue weighted by atomic mass is 10.0. The fourth-order valence-electron chi connectivity index (χ4n) is 3.34. The summed E-state index contributed by atoms with van der Waals surface area (Å²) in [5, 5.41) is 7.73. The maximum absolute atomic E-state index is 5.75. The number of benzene rings is 1. The van der Waals surface area contributed by atoms with Crippen LogP contribution in [0.15, 0.2) is 42.9 Å². The highest BCUT2D eigenvalue weighted by Gasteiger charge is 2.16. The van der Waals surface area contributed by atoms with Gasteiger partial charge in [0.05, 0.1) is 23.6 Å². The van der Waals surface area contributed by atoms with Crippen molar-refractivity contribution < 1.29 is 4.74 Å². The van der Waals surface area contributed by atoms with Gasteiger partial charge in [0.1, 0.15) is 0 Å². The molecule has 1 saturated heterocycles. The van der Waals surface area contributed by atoms with E-state index in [1.165, 1.54) is 5.56 Å². The first kappa shape index (κ1) is 17.6. The summed E-state index contributed by atoms with van der Waals surface area (Å²) >= 11 is 0. The lowest BCUT2D eigenvalue weighted by Crippen LogP contribution is -2.19. The molecule has 0 aliphatic carbocycles. The zero-order valence-electron chi connectivity index (χ0n) is 15.4. The molecule has 0 saturated carbocycles. The Morgan fingerprint density at radius 3 is 2.89 bits per heavy atom. The second kappa shape index (κ2) is 7.85. The fourth-order valence-corrected chi connectivity index (χ4v) is 3.34. The molecule has 27 heavy (non-hydrogen) atoms. The van der Waals surface area contributed by atoms with Gasteiger partial charge >= 0.3 is 0 Å². The molecule has 7 nitrogen and oxygen atoms in total. The van der Waals surface area contributed by atoms with E-state index >= 15 is 0 Å². The quantitative estimate of drug-likeness (QED) is 0.722. The number of nitrogens with one attached hydrogen (secondary N) is 1. The zero-order valence-corrected chi connectivity index (χ0v) is 15.4. The Kier molecular flexibility index (Phi) is 5.13. The molecule has 140 valence electrons. The number of aromatic nitrogens is 4. The van der Waals surface area contributed by atoms with Crippen LogP contribution in [-0.4, -0.2) is 33.0 Å². The summed E-state index contributed by atoms with van der Waals surface area (Å²) in [5.74, 6) is 0.555. The topological polar surface area (TPSA) is 90.9 Å².